The van der Waals surface area contributed by atoms with Crippen LogP contribution in [-0.4, -0.2) is 31.0 Å². The molecule has 0 aliphatic rings. The van der Waals surface area contributed by atoms with Crippen LogP contribution in [0.4, 0.5) is 0 Å². The molecule has 0 unspecified atom stereocenters. The molecule has 0 fully saturated rings. The minimum absolute atomic E-state index is 0.0903. The Balaban J connectivity index is 3.43. The van der Waals surface area contributed by atoms with Crippen LogP contribution < -0.4 is 0 Å². The van der Waals surface area contributed by atoms with E-state index in [9.17, 15) is 4.79 Å². The lowest BCUT2D eigenvalue weighted by atomic mass is 10.8. The van der Waals surface area contributed by atoms with Crippen LogP contribution in [0.3, 0.4) is 0 Å². The monoisotopic (exact) mass is 153 g/mol. The first-order chi connectivity index (χ1) is 4.20. The first-order valence-electron chi connectivity index (χ1n) is 2.22. The molecule has 0 saturated carbocycles. The van der Waals surface area contributed by atoms with E-state index in [2.05, 4.69) is 8.37 Å². The third-order valence-electron chi connectivity index (χ3n) is 0.613. The van der Waals surface area contributed by atoms with Crippen molar-refractivity contribution >= 4 is 17.4 Å². The zero-order valence-corrected chi connectivity index (χ0v) is 6.10. The summed E-state index contributed by atoms with van der Waals surface area (Å²) in [4.78, 5) is 9.97. The fraction of sp³-hybridized carbons (Fsp3) is 0.750. The van der Waals surface area contributed by atoms with E-state index in [0.717, 1.165) is 0 Å². The number of carbonyl (C=O) groups is 1. The molecule has 0 rings (SSSR count). The Morgan fingerprint density at radius 2 is 2.00 bits per heavy atom. The summed E-state index contributed by atoms with van der Waals surface area (Å²) in [5.74, 6) is -1.01. The van der Waals surface area contributed by atoms with E-state index in [-0.39, 0.29) is 5.75 Å². The second-order valence-electron chi connectivity index (χ2n) is 1.18. The van der Waals surface area contributed by atoms with Crippen molar-refractivity contribution in [3.05, 3.63) is 0 Å². The summed E-state index contributed by atoms with van der Waals surface area (Å²) >= 11 is -0.868. The Morgan fingerprint density at radius 1 is 1.56 bits per heavy atom. The highest BCUT2D eigenvalue weighted by Crippen LogP contribution is 1.95. The average Bonchev–Trinajstić information content (AvgIpc) is 1.82. The van der Waals surface area contributed by atoms with E-state index in [1.165, 1.54) is 14.2 Å². The lowest BCUT2D eigenvalue weighted by Crippen LogP contribution is -2.18. The summed E-state index contributed by atoms with van der Waals surface area (Å²) < 4.78 is 9.27. The van der Waals surface area contributed by atoms with Gasteiger partial charge in [0.1, 0.15) is 0 Å². The lowest BCUT2D eigenvalue weighted by Gasteiger charge is -1.93. The van der Waals surface area contributed by atoms with Gasteiger partial charge in [-0.1, -0.05) is 0 Å². The molecule has 54 valence electrons. The standard InChI is InChI=1S/C4H8O4S/c1-7-9(8-2)3-4(5)6/h3H2,1-2H3/p+1. The highest BCUT2D eigenvalue weighted by molar-refractivity contribution is 7.88. The van der Waals surface area contributed by atoms with Crippen LogP contribution in [-0.2, 0) is 24.6 Å². The van der Waals surface area contributed by atoms with Crippen molar-refractivity contribution in [3.63, 3.8) is 0 Å². The third-order valence-corrected chi connectivity index (χ3v) is 1.84. The summed E-state index contributed by atoms with van der Waals surface area (Å²) in [7, 11) is 2.82. The quantitative estimate of drug-likeness (QED) is 0.569. The van der Waals surface area contributed by atoms with E-state index in [1.807, 2.05) is 0 Å². The number of carboxylic acid groups (broad SMARTS) is 1. The average molecular weight is 153 g/mol. The molecule has 9 heavy (non-hydrogen) atoms. The Bertz CT molecular complexity index is 90.6. The fourth-order valence-corrected chi connectivity index (χ4v) is 0.860. The third kappa shape index (κ3) is 4.26. The SMILES string of the molecule is CO[S+](CC(=O)O)OC. The molecule has 0 aromatic rings. The zero-order valence-electron chi connectivity index (χ0n) is 5.29. The first kappa shape index (κ1) is 8.74. The predicted molar refractivity (Wildman–Crippen MR) is 33.9 cm³/mol. The van der Waals surface area contributed by atoms with E-state index in [0.29, 0.717) is 0 Å². The summed E-state index contributed by atoms with van der Waals surface area (Å²) in [6.07, 6.45) is 0. The summed E-state index contributed by atoms with van der Waals surface area (Å²) in [5.41, 5.74) is 0. The van der Waals surface area contributed by atoms with Crippen molar-refractivity contribution in [3.8, 4) is 0 Å². The fourth-order valence-electron chi connectivity index (χ4n) is 0.287. The van der Waals surface area contributed by atoms with E-state index in [1.54, 1.807) is 0 Å². The Morgan fingerprint density at radius 3 is 2.11 bits per heavy atom. The van der Waals surface area contributed by atoms with Gasteiger partial charge < -0.3 is 5.11 Å². The summed E-state index contributed by atoms with van der Waals surface area (Å²) in [6.45, 7) is 0. The van der Waals surface area contributed by atoms with Crippen LogP contribution in [0.1, 0.15) is 0 Å². The molecule has 0 aromatic heterocycles. The van der Waals surface area contributed by atoms with E-state index >= 15 is 0 Å². The van der Waals surface area contributed by atoms with Crippen molar-refractivity contribution in [2.45, 2.75) is 0 Å². The minimum atomic E-state index is -0.915. The van der Waals surface area contributed by atoms with Crippen molar-refractivity contribution in [1.82, 2.24) is 0 Å². The molecule has 0 bridgehead atoms. The van der Waals surface area contributed by atoms with Gasteiger partial charge in [-0.05, 0) is 0 Å². The molecule has 0 saturated heterocycles. The number of hydrogen-bond donors (Lipinski definition) is 1. The van der Waals surface area contributed by atoms with Gasteiger partial charge in [0.25, 0.3) is 5.75 Å². The molecule has 4 nitrogen and oxygen atoms in total. The molecule has 0 aromatic carbocycles. The number of carboxylic acids is 1. The second kappa shape index (κ2) is 4.60. The van der Waals surface area contributed by atoms with Crippen molar-refractivity contribution in [1.29, 1.82) is 0 Å². The maximum Gasteiger partial charge on any atom is 0.360 e. The molecule has 0 heterocycles. The minimum Gasteiger partial charge on any atom is -0.478 e. The molecule has 0 spiro atoms. The van der Waals surface area contributed by atoms with Gasteiger partial charge in [0.15, 0.2) is 0 Å². The lowest BCUT2D eigenvalue weighted by molar-refractivity contribution is -0.134. The van der Waals surface area contributed by atoms with E-state index < -0.39 is 17.4 Å². The molecule has 0 atom stereocenters. The highest BCUT2D eigenvalue weighted by atomic mass is 32.2. The number of aliphatic carboxylic acids is 1. The topological polar surface area (TPSA) is 55.8 Å². The Hall–Kier alpha value is -0.260. The van der Waals surface area contributed by atoms with Gasteiger partial charge in [-0.25, -0.2) is 4.79 Å². The molecular weight excluding hydrogens is 144 g/mol. The van der Waals surface area contributed by atoms with Gasteiger partial charge in [-0.2, -0.15) is 0 Å². The Kier molecular flexibility index (Phi) is 4.47. The van der Waals surface area contributed by atoms with E-state index in [4.69, 9.17) is 5.11 Å². The van der Waals surface area contributed by atoms with Crippen LogP contribution in [0.5, 0.6) is 0 Å². The molecule has 5 heteroatoms. The van der Waals surface area contributed by atoms with Crippen molar-refractivity contribution in [2.75, 3.05) is 20.0 Å². The number of hydrogen-bond acceptors (Lipinski definition) is 3. The van der Waals surface area contributed by atoms with Crippen LogP contribution in [0.25, 0.3) is 0 Å². The molecule has 0 aliphatic heterocycles. The highest BCUT2D eigenvalue weighted by Gasteiger charge is 2.23. The zero-order chi connectivity index (χ0) is 7.28. The van der Waals surface area contributed by atoms with Gasteiger partial charge in [0.2, 0.25) is 0 Å². The van der Waals surface area contributed by atoms with Gasteiger partial charge >= 0.3 is 17.4 Å². The van der Waals surface area contributed by atoms with Crippen LogP contribution in [0.15, 0.2) is 0 Å². The van der Waals surface area contributed by atoms with Gasteiger partial charge in [-0.3, -0.25) is 0 Å². The van der Waals surface area contributed by atoms with Crippen molar-refractivity contribution in [2.24, 2.45) is 0 Å². The van der Waals surface area contributed by atoms with Crippen molar-refractivity contribution < 1.29 is 18.3 Å². The second-order valence-corrected chi connectivity index (χ2v) is 2.74. The van der Waals surface area contributed by atoms with Gasteiger partial charge in [0.05, 0.1) is 14.2 Å². The molecular formula is C4H9O4S+. The van der Waals surface area contributed by atoms with Crippen LogP contribution in [0, 0.1) is 0 Å². The van der Waals surface area contributed by atoms with Gasteiger partial charge in [0, 0.05) is 0 Å². The molecule has 1 N–H and O–H groups in total. The van der Waals surface area contributed by atoms with Crippen LogP contribution in [0.2, 0.25) is 0 Å². The summed E-state index contributed by atoms with van der Waals surface area (Å²) in [5, 5.41) is 8.19. The predicted octanol–water partition coefficient (Wildman–Crippen LogP) is -0.188. The molecule has 0 amide bonds. The molecule has 0 radical (unpaired) electrons. The largest absolute Gasteiger partial charge is 0.478 e. The number of rotatable bonds is 4. The van der Waals surface area contributed by atoms with Gasteiger partial charge in [-0.15, -0.1) is 8.37 Å². The summed E-state index contributed by atoms with van der Waals surface area (Å²) in [6, 6.07) is 0. The maximum atomic E-state index is 9.97. The smallest absolute Gasteiger partial charge is 0.360 e. The maximum absolute atomic E-state index is 9.97. The first-order valence-corrected chi connectivity index (χ1v) is 3.46. The Labute approximate surface area is 56.5 Å². The van der Waals surface area contributed by atoms with Crippen LogP contribution >= 0.6 is 0 Å². The normalized spacial score (nSPS) is 10.1. The molecule has 0 aliphatic carbocycles.